The fourth-order valence-corrected chi connectivity index (χ4v) is 4.86. The Balaban J connectivity index is 1.18. The number of thiazole rings is 1. The van der Waals surface area contributed by atoms with Crippen molar-refractivity contribution in [3.8, 4) is 10.6 Å². The number of nitrogens with zero attached hydrogens (tertiary/aromatic N) is 6. The minimum atomic E-state index is 0.887. The van der Waals surface area contributed by atoms with Gasteiger partial charge in [-0.3, -0.25) is 4.90 Å². The molecular weight excluding hydrogens is 380 g/mol. The van der Waals surface area contributed by atoms with Crippen LogP contribution in [0, 0.1) is 0 Å². The maximum Gasteiger partial charge on any atom is 0.227 e. The van der Waals surface area contributed by atoms with Gasteiger partial charge < -0.3 is 9.80 Å². The Labute approximate surface area is 175 Å². The lowest BCUT2D eigenvalue weighted by Crippen LogP contribution is -2.46. The van der Waals surface area contributed by atoms with E-state index in [2.05, 4.69) is 49.3 Å². The highest BCUT2D eigenvalue weighted by atomic mass is 32.1. The summed E-state index contributed by atoms with van der Waals surface area (Å²) >= 11 is 1.73. The van der Waals surface area contributed by atoms with Crippen LogP contribution in [0.3, 0.4) is 0 Å². The van der Waals surface area contributed by atoms with Crippen LogP contribution in [0.15, 0.2) is 48.0 Å². The minimum absolute atomic E-state index is 0.887. The van der Waals surface area contributed by atoms with Gasteiger partial charge in [0.25, 0.3) is 0 Å². The molecule has 0 amide bonds. The number of aromatic nitrogens is 3. The van der Waals surface area contributed by atoms with Gasteiger partial charge in [0.15, 0.2) is 0 Å². The van der Waals surface area contributed by atoms with Crippen molar-refractivity contribution in [2.75, 3.05) is 49.1 Å². The number of rotatable bonds is 5. The molecule has 3 aromatic rings. The Morgan fingerprint density at radius 1 is 0.828 bits per heavy atom. The predicted octanol–water partition coefficient (Wildman–Crippen LogP) is 3.52. The maximum absolute atomic E-state index is 4.84. The Kier molecular flexibility index (Phi) is 5.41. The van der Waals surface area contributed by atoms with Gasteiger partial charge in [-0.25, -0.2) is 9.97 Å². The van der Waals surface area contributed by atoms with Crippen molar-refractivity contribution in [2.45, 2.75) is 19.4 Å². The van der Waals surface area contributed by atoms with Crippen LogP contribution in [0.2, 0.25) is 0 Å². The van der Waals surface area contributed by atoms with E-state index in [1.807, 2.05) is 18.3 Å². The molecular formula is C22H26N6S. The molecule has 4 heterocycles. The highest BCUT2D eigenvalue weighted by Gasteiger charge is 2.21. The van der Waals surface area contributed by atoms with Crippen LogP contribution < -0.4 is 9.80 Å². The predicted molar refractivity (Wildman–Crippen MR) is 119 cm³/mol. The van der Waals surface area contributed by atoms with E-state index in [4.69, 9.17) is 9.97 Å². The third-order valence-electron chi connectivity index (χ3n) is 5.67. The zero-order chi connectivity index (χ0) is 19.5. The Morgan fingerprint density at radius 2 is 1.62 bits per heavy atom. The van der Waals surface area contributed by atoms with Gasteiger partial charge in [0.2, 0.25) is 5.95 Å². The molecule has 5 rings (SSSR count). The van der Waals surface area contributed by atoms with Crippen molar-refractivity contribution >= 4 is 23.1 Å². The molecule has 0 aliphatic carbocycles. The first-order valence-electron chi connectivity index (χ1n) is 10.4. The van der Waals surface area contributed by atoms with Gasteiger partial charge in [-0.05, 0) is 18.9 Å². The topological polar surface area (TPSA) is 48.4 Å². The maximum atomic E-state index is 4.84. The molecule has 1 aromatic carbocycles. The van der Waals surface area contributed by atoms with Gasteiger partial charge in [0.05, 0.1) is 5.69 Å². The third-order valence-corrected chi connectivity index (χ3v) is 6.61. The second-order valence-corrected chi connectivity index (χ2v) is 8.54. The molecule has 0 bridgehead atoms. The quantitative estimate of drug-likeness (QED) is 0.646. The summed E-state index contributed by atoms with van der Waals surface area (Å²) in [7, 11) is 0. The first-order valence-corrected chi connectivity index (χ1v) is 11.3. The third kappa shape index (κ3) is 4.26. The Morgan fingerprint density at radius 3 is 2.41 bits per heavy atom. The van der Waals surface area contributed by atoms with Crippen molar-refractivity contribution in [1.82, 2.24) is 19.9 Å². The molecule has 0 spiro atoms. The number of hydrogen-bond donors (Lipinski definition) is 0. The number of anilines is 2. The van der Waals surface area contributed by atoms with Crippen molar-refractivity contribution in [3.05, 3.63) is 53.7 Å². The van der Waals surface area contributed by atoms with Crippen LogP contribution in [0.1, 0.15) is 18.5 Å². The first kappa shape index (κ1) is 18.5. The summed E-state index contributed by atoms with van der Waals surface area (Å²) in [6.45, 7) is 7.12. The zero-order valence-electron chi connectivity index (χ0n) is 16.6. The molecule has 0 radical (unpaired) electrons. The molecule has 7 heteroatoms. The highest BCUT2D eigenvalue weighted by molar-refractivity contribution is 7.13. The number of piperazine rings is 1. The lowest BCUT2D eigenvalue weighted by atomic mass is 10.2. The van der Waals surface area contributed by atoms with Crippen molar-refractivity contribution in [1.29, 1.82) is 0 Å². The van der Waals surface area contributed by atoms with E-state index in [9.17, 15) is 0 Å². The normalized spacial score (nSPS) is 17.8. The zero-order valence-corrected chi connectivity index (χ0v) is 17.4. The van der Waals surface area contributed by atoms with Gasteiger partial charge in [0.1, 0.15) is 10.8 Å². The van der Waals surface area contributed by atoms with E-state index in [1.165, 1.54) is 24.1 Å². The molecule has 0 unspecified atom stereocenters. The van der Waals surface area contributed by atoms with Crippen LogP contribution in [0.25, 0.3) is 10.6 Å². The van der Waals surface area contributed by atoms with Crippen molar-refractivity contribution < 1.29 is 0 Å². The second kappa shape index (κ2) is 8.47. The molecule has 29 heavy (non-hydrogen) atoms. The summed E-state index contributed by atoms with van der Waals surface area (Å²) in [4.78, 5) is 21.3. The molecule has 0 N–H and O–H groups in total. The van der Waals surface area contributed by atoms with Gasteiger partial charge in [0, 0.05) is 63.0 Å². The molecule has 2 aliphatic rings. The van der Waals surface area contributed by atoms with E-state index in [1.54, 1.807) is 11.3 Å². The lowest BCUT2D eigenvalue weighted by Gasteiger charge is -2.35. The molecule has 6 nitrogen and oxygen atoms in total. The van der Waals surface area contributed by atoms with Crippen molar-refractivity contribution in [3.63, 3.8) is 0 Å². The van der Waals surface area contributed by atoms with E-state index in [0.717, 1.165) is 62.6 Å². The summed E-state index contributed by atoms with van der Waals surface area (Å²) in [5.74, 6) is 1.94. The van der Waals surface area contributed by atoms with E-state index < -0.39 is 0 Å². The van der Waals surface area contributed by atoms with Gasteiger partial charge >= 0.3 is 0 Å². The van der Waals surface area contributed by atoms with E-state index >= 15 is 0 Å². The average molecular weight is 407 g/mol. The Bertz CT molecular complexity index is 929. The summed E-state index contributed by atoms with van der Waals surface area (Å²) in [5, 5.41) is 3.30. The van der Waals surface area contributed by atoms with Crippen LogP contribution in [0.4, 0.5) is 11.8 Å². The van der Waals surface area contributed by atoms with E-state index in [-0.39, 0.29) is 0 Å². The highest BCUT2D eigenvalue weighted by Crippen LogP contribution is 2.25. The monoisotopic (exact) mass is 406 g/mol. The van der Waals surface area contributed by atoms with Gasteiger partial charge in [-0.2, -0.15) is 4.98 Å². The van der Waals surface area contributed by atoms with Crippen LogP contribution in [-0.2, 0) is 6.54 Å². The summed E-state index contributed by atoms with van der Waals surface area (Å²) in [6, 6.07) is 12.5. The summed E-state index contributed by atoms with van der Waals surface area (Å²) in [5.41, 5.74) is 2.37. The SMILES string of the molecule is c1ccc(-c2nc(CN3CCN(c4ccnc(N5CCCC5)n4)CC3)cs2)cc1. The smallest absolute Gasteiger partial charge is 0.227 e. The molecule has 2 fully saturated rings. The van der Waals surface area contributed by atoms with E-state index in [0.29, 0.717) is 0 Å². The summed E-state index contributed by atoms with van der Waals surface area (Å²) < 4.78 is 0. The Hall–Kier alpha value is -2.51. The molecule has 2 aliphatic heterocycles. The first-order chi connectivity index (χ1) is 14.3. The fourth-order valence-electron chi connectivity index (χ4n) is 4.04. The largest absolute Gasteiger partial charge is 0.354 e. The lowest BCUT2D eigenvalue weighted by molar-refractivity contribution is 0.247. The molecule has 2 aromatic heterocycles. The van der Waals surface area contributed by atoms with Crippen LogP contribution in [-0.4, -0.2) is 59.1 Å². The van der Waals surface area contributed by atoms with Crippen LogP contribution in [0.5, 0.6) is 0 Å². The molecule has 2 saturated heterocycles. The number of benzene rings is 1. The minimum Gasteiger partial charge on any atom is -0.354 e. The van der Waals surface area contributed by atoms with Gasteiger partial charge in [-0.1, -0.05) is 30.3 Å². The standard InChI is InChI=1S/C22H26N6S/c1-2-6-18(7-3-1)21-24-19(17-29-21)16-26-12-14-27(15-13-26)20-8-9-23-22(25-20)28-10-4-5-11-28/h1-3,6-9,17H,4-5,10-16H2. The fraction of sp³-hybridized carbons (Fsp3) is 0.409. The molecule has 0 saturated carbocycles. The van der Waals surface area contributed by atoms with Crippen LogP contribution >= 0.6 is 11.3 Å². The molecule has 150 valence electrons. The average Bonchev–Trinajstić information content (AvgIpc) is 3.48. The molecule has 0 atom stereocenters. The second-order valence-electron chi connectivity index (χ2n) is 7.68. The number of hydrogen-bond acceptors (Lipinski definition) is 7. The summed E-state index contributed by atoms with van der Waals surface area (Å²) in [6.07, 6.45) is 4.40. The van der Waals surface area contributed by atoms with Gasteiger partial charge in [-0.15, -0.1) is 11.3 Å². The van der Waals surface area contributed by atoms with Crippen molar-refractivity contribution in [2.24, 2.45) is 0 Å².